The van der Waals surface area contributed by atoms with E-state index < -0.39 is 0 Å². The van der Waals surface area contributed by atoms with Crippen LogP contribution in [0.15, 0.2) is 22.8 Å². The van der Waals surface area contributed by atoms with Gasteiger partial charge in [0.2, 0.25) is 5.78 Å². The largest absolute Gasteiger partial charge is 0.461 e. The van der Waals surface area contributed by atoms with Gasteiger partial charge in [-0.2, -0.15) is 0 Å². The van der Waals surface area contributed by atoms with Crippen molar-refractivity contribution in [2.75, 3.05) is 33.9 Å². The van der Waals surface area contributed by atoms with Gasteiger partial charge in [-0.15, -0.1) is 0 Å². The summed E-state index contributed by atoms with van der Waals surface area (Å²) in [6, 6.07) is 3.40. The van der Waals surface area contributed by atoms with Gasteiger partial charge in [0.25, 0.3) is 0 Å². The highest BCUT2D eigenvalue weighted by Gasteiger charge is 2.33. The summed E-state index contributed by atoms with van der Waals surface area (Å²) in [5.41, 5.74) is 0. The van der Waals surface area contributed by atoms with Crippen molar-refractivity contribution in [3.05, 3.63) is 24.2 Å². The predicted octanol–water partition coefficient (Wildman–Crippen LogP) is 0.808. The van der Waals surface area contributed by atoms with Crippen LogP contribution in [0.3, 0.4) is 0 Å². The van der Waals surface area contributed by atoms with E-state index in [2.05, 4.69) is 0 Å². The van der Waals surface area contributed by atoms with Crippen molar-refractivity contribution in [3.63, 3.8) is 0 Å². The maximum absolute atomic E-state index is 11.8. The lowest BCUT2D eigenvalue weighted by Crippen LogP contribution is -2.28. The summed E-state index contributed by atoms with van der Waals surface area (Å²) in [6.07, 6.45) is 1.57. The van der Waals surface area contributed by atoms with Crippen molar-refractivity contribution in [2.45, 2.75) is 12.2 Å². The molecule has 94 valence electrons. The Labute approximate surface area is 100 Å². The maximum Gasteiger partial charge on any atom is 0.211 e. The molecule has 1 aromatic heterocycles. The van der Waals surface area contributed by atoms with Gasteiger partial charge >= 0.3 is 0 Å². The summed E-state index contributed by atoms with van der Waals surface area (Å²) in [5, 5.41) is 0. The van der Waals surface area contributed by atoms with E-state index in [0.29, 0.717) is 25.4 Å². The number of methoxy groups -OCH3 is 2. The summed E-state index contributed by atoms with van der Waals surface area (Å²) < 4.78 is 15.7. The van der Waals surface area contributed by atoms with Gasteiger partial charge in [-0.1, -0.05) is 0 Å². The van der Waals surface area contributed by atoms with Crippen LogP contribution >= 0.6 is 0 Å². The molecule has 1 aliphatic rings. The summed E-state index contributed by atoms with van der Waals surface area (Å²) in [4.78, 5) is 13.9. The van der Waals surface area contributed by atoms with Crippen molar-refractivity contribution < 1.29 is 18.7 Å². The van der Waals surface area contributed by atoms with E-state index >= 15 is 0 Å². The molecule has 0 saturated carbocycles. The minimum absolute atomic E-state index is 0.0124. The number of rotatable bonds is 5. The molecule has 5 heteroatoms. The van der Waals surface area contributed by atoms with Gasteiger partial charge in [-0.05, 0) is 12.1 Å². The van der Waals surface area contributed by atoms with E-state index in [-0.39, 0.29) is 18.0 Å². The maximum atomic E-state index is 11.8. The van der Waals surface area contributed by atoms with Crippen LogP contribution in [-0.2, 0) is 9.47 Å². The zero-order valence-corrected chi connectivity index (χ0v) is 10.1. The van der Waals surface area contributed by atoms with Crippen LogP contribution in [-0.4, -0.2) is 56.7 Å². The minimum Gasteiger partial charge on any atom is -0.461 e. The molecule has 0 radical (unpaired) electrons. The second-order valence-corrected chi connectivity index (χ2v) is 4.14. The number of likely N-dealkylation sites (tertiary alicyclic amines) is 1. The first-order chi connectivity index (χ1) is 8.24. The molecule has 2 heterocycles. The number of carbonyl (C=O) groups excluding carboxylic acids is 1. The van der Waals surface area contributed by atoms with Gasteiger partial charge in [0, 0.05) is 27.3 Å². The van der Waals surface area contributed by atoms with Crippen molar-refractivity contribution in [1.29, 1.82) is 0 Å². The topological polar surface area (TPSA) is 51.9 Å². The van der Waals surface area contributed by atoms with Gasteiger partial charge in [0.1, 0.15) is 0 Å². The molecular weight excluding hydrogens is 222 g/mol. The van der Waals surface area contributed by atoms with E-state index in [9.17, 15) is 4.79 Å². The number of carbonyl (C=O) groups is 1. The van der Waals surface area contributed by atoms with E-state index in [0.717, 1.165) is 0 Å². The van der Waals surface area contributed by atoms with Gasteiger partial charge in [0.05, 0.1) is 25.0 Å². The first-order valence-electron chi connectivity index (χ1n) is 5.59. The minimum atomic E-state index is -0.0124. The molecule has 0 N–H and O–H groups in total. The first kappa shape index (κ1) is 12.3. The van der Waals surface area contributed by atoms with Gasteiger partial charge in [0.15, 0.2) is 5.76 Å². The third-order valence-corrected chi connectivity index (χ3v) is 3.06. The zero-order valence-electron chi connectivity index (χ0n) is 10.1. The molecule has 1 fully saturated rings. The Morgan fingerprint density at radius 3 is 2.53 bits per heavy atom. The predicted molar refractivity (Wildman–Crippen MR) is 61.1 cm³/mol. The van der Waals surface area contributed by atoms with E-state index in [1.54, 1.807) is 26.4 Å². The normalized spacial score (nSPS) is 25.3. The molecule has 1 aliphatic heterocycles. The van der Waals surface area contributed by atoms with E-state index in [1.165, 1.54) is 6.26 Å². The molecule has 0 amide bonds. The van der Waals surface area contributed by atoms with E-state index in [1.807, 2.05) is 4.90 Å². The molecule has 1 aromatic rings. The number of Topliss-reactive ketones (excluding diaryl/α,β-unsaturated/α-hetero) is 1. The Hall–Kier alpha value is -1.17. The second kappa shape index (κ2) is 5.44. The molecule has 5 nitrogen and oxygen atoms in total. The lowest BCUT2D eigenvalue weighted by atomic mass is 10.3. The van der Waals surface area contributed by atoms with Crippen molar-refractivity contribution in [2.24, 2.45) is 0 Å². The van der Waals surface area contributed by atoms with Crippen LogP contribution in [0.1, 0.15) is 10.6 Å². The van der Waals surface area contributed by atoms with Crippen molar-refractivity contribution in [1.82, 2.24) is 4.90 Å². The van der Waals surface area contributed by atoms with Crippen molar-refractivity contribution in [3.8, 4) is 0 Å². The zero-order chi connectivity index (χ0) is 12.3. The van der Waals surface area contributed by atoms with E-state index in [4.69, 9.17) is 13.9 Å². The fourth-order valence-electron chi connectivity index (χ4n) is 2.12. The number of furan rings is 1. The Kier molecular flexibility index (Phi) is 3.93. The number of hydrogen-bond donors (Lipinski definition) is 0. The van der Waals surface area contributed by atoms with Crippen LogP contribution in [0.5, 0.6) is 0 Å². The third kappa shape index (κ3) is 2.74. The summed E-state index contributed by atoms with van der Waals surface area (Å²) in [6.45, 7) is 1.76. The lowest BCUT2D eigenvalue weighted by Gasteiger charge is -2.13. The van der Waals surface area contributed by atoms with Crippen LogP contribution < -0.4 is 0 Å². The average molecular weight is 239 g/mol. The van der Waals surface area contributed by atoms with Gasteiger partial charge in [-0.3, -0.25) is 9.69 Å². The highest BCUT2D eigenvalue weighted by molar-refractivity contribution is 5.95. The quantitative estimate of drug-likeness (QED) is 0.712. The monoisotopic (exact) mass is 239 g/mol. The molecule has 2 atom stereocenters. The molecule has 0 aromatic carbocycles. The first-order valence-corrected chi connectivity index (χ1v) is 5.59. The standard InChI is InChI=1S/C12H17NO4/c1-15-11-7-13(8-12(11)16-2)6-9(14)10-4-3-5-17-10/h3-5,11-12H,6-8H2,1-2H3. The van der Waals surface area contributed by atoms with Gasteiger partial charge in [-0.25, -0.2) is 0 Å². The number of hydrogen-bond acceptors (Lipinski definition) is 5. The summed E-state index contributed by atoms with van der Waals surface area (Å²) in [7, 11) is 3.32. The second-order valence-electron chi connectivity index (χ2n) is 4.14. The SMILES string of the molecule is COC1CN(CC(=O)c2ccco2)CC1OC. The molecule has 1 saturated heterocycles. The van der Waals surface area contributed by atoms with Crippen LogP contribution in [0.4, 0.5) is 0 Å². The molecule has 0 aliphatic carbocycles. The fraction of sp³-hybridized carbons (Fsp3) is 0.583. The lowest BCUT2D eigenvalue weighted by molar-refractivity contribution is -0.00461. The molecule has 2 unspecified atom stereocenters. The van der Waals surface area contributed by atoms with Crippen LogP contribution in [0.2, 0.25) is 0 Å². The highest BCUT2D eigenvalue weighted by Crippen LogP contribution is 2.16. The Balaban J connectivity index is 1.91. The molecule has 0 spiro atoms. The number of nitrogens with zero attached hydrogens (tertiary/aromatic N) is 1. The molecular formula is C12H17NO4. The van der Waals surface area contributed by atoms with Gasteiger partial charge < -0.3 is 13.9 Å². The number of ether oxygens (including phenoxy) is 2. The molecule has 0 bridgehead atoms. The van der Waals surface area contributed by atoms with Crippen molar-refractivity contribution >= 4 is 5.78 Å². The Morgan fingerprint density at radius 2 is 2.06 bits per heavy atom. The average Bonchev–Trinajstić information content (AvgIpc) is 2.97. The summed E-state index contributed by atoms with van der Waals surface area (Å²) in [5.74, 6) is 0.390. The van der Waals surface area contributed by atoms with Crippen LogP contribution in [0.25, 0.3) is 0 Å². The number of ketones is 1. The Morgan fingerprint density at radius 1 is 1.41 bits per heavy atom. The molecule has 2 rings (SSSR count). The smallest absolute Gasteiger partial charge is 0.211 e. The Bertz CT molecular complexity index is 351. The summed E-state index contributed by atoms with van der Waals surface area (Å²) >= 11 is 0. The third-order valence-electron chi connectivity index (χ3n) is 3.06. The highest BCUT2D eigenvalue weighted by atomic mass is 16.5. The fourth-order valence-corrected chi connectivity index (χ4v) is 2.12. The van der Waals surface area contributed by atoms with Crippen LogP contribution in [0, 0.1) is 0 Å². The molecule has 17 heavy (non-hydrogen) atoms.